The lowest BCUT2D eigenvalue weighted by Gasteiger charge is -2.13. The number of amides is 1. The third-order valence-electron chi connectivity index (χ3n) is 5.36. The van der Waals surface area contributed by atoms with Crippen LogP contribution in [0.2, 0.25) is 0 Å². The Balaban J connectivity index is 1.82. The number of ether oxygens (including phenoxy) is 5. The number of hydrogen-bond donors (Lipinski definition) is 2. The number of phenolic OH excluding ortho intramolecular Hbond substituents is 1. The van der Waals surface area contributed by atoms with E-state index in [1.807, 2.05) is 30.3 Å². The molecule has 3 aromatic carbocycles. The second-order valence-electron chi connectivity index (χ2n) is 7.91. The Bertz CT molecular complexity index is 1320. The van der Waals surface area contributed by atoms with Gasteiger partial charge in [0.25, 0.3) is 0 Å². The lowest BCUT2D eigenvalue weighted by molar-refractivity contribution is -0.111. The topological polar surface area (TPSA) is 95.5 Å². The van der Waals surface area contributed by atoms with Gasteiger partial charge in [0.05, 0.1) is 34.1 Å². The molecule has 0 unspecified atom stereocenters. The molecule has 8 heteroatoms. The molecule has 0 aromatic heterocycles. The second kappa shape index (κ2) is 13.5. The predicted octanol–water partition coefficient (Wildman–Crippen LogP) is 5.81. The fourth-order valence-electron chi connectivity index (χ4n) is 3.64. The van der Waals surface area contributed by atoms with E-state index < -0.39 is 5.91 Å². The molecule has 0 saturated carbocycles. The Labute approximate surface area is 222 Å². The van der Waals surface area contributed by atoms with Gasteiger partial charge in [-0.05, 0) is 59.2 Å². The second-order valence-corrected chi connectivity index (χ2v) is 7.91. The molecule has 0 heterocycles. The van der Waals surface area contributed by atoms with Crippen LogP contribution in [0.15, 0.2) is 67.3 Å². The molecule has 3 rings (SSSR count). The van der Waals surface area contributed by atoms with Crippen LogP contribution >= 0.6 is 0 Å². The minimum atomic E-state index is -0.397. The Morgan fingerprint density at radius 1 is 0.842 bits per heavy atom. The van der Waals surface area contributed by atoms with Gasteiger partial charge in [-0.1, -0.05) is 36.9 Å². The van der Waals surface area contributed by atoms with E-state index in [0.29, 0.717) is 40.9 Å². The first-order chi connectivity index (χ1) is 18.4. The predicted molar refractivity (Wildman–Crippen MR) is 149 cm³/mol. The molecular formula is C30H31NO7. The lowest BCUT2D eigenvalue weighted by Crippen LogP contribution is -2.09. The molecule has 0 fully saturated rings. The van der Waals surface area contributed by atoms with Crippen LogP contribution in [-0.4, -0.2) is 46.1 Å². The van der Waals surface area contributed by atoms with Crippen molar-refractivity contribution in [3.8, 4) is 34.5 Å². The number of nitrogens with one attached hydrogen (secondary N) is 1. The van der Waals surface area contributed by atoms with Gasteiger partial charge >= 0.3 is 0 Å². The van der Waals surface area contributed by atoms with Crippen molar-refractivity contribution < 1.29 is 33.6 Å². The zero-order chi connectivity index (χ0) is 27.5. The summed E-state index contributed by atoms with van der Waals surface area (Å²) < 4.78 is 27.0. The molecule has 2 N–H and O–H groups in total. The van der Waals surface area contributed by atoms with Gasteiger partial charge in [0.15, 0.2) is 23.0 Å². The van der Waals surface area contributed by atoms with Gasteiger partial charge in [-0.25, -0.2) is 0 Å². The number of methoxy groups -OCH3 is 4. The van der Waals surface area contributed by atoms with Gasteiger partial charge in [0.1, 0.15) is 12.4 Å². The fraction of sp³-hybridized carbons (Fsp3) is 0.167. The quantitative estimate of drug-likeness (QED) is 0.178. The van der Waals surface area contributed by atoms with Crippen molar-refractivity contribution in [1.29, 1.82) is 0 Å². The molecule has 198 valence electrons. The Morgan fingerprint density at radius 3 is 2.11 bits per heavy atom. The monoisotopic (exact) mass is 517 g/mol. The van der Waals surface area contributed by atoms with Crippen LogP contribution in [0.1, 0.15) is 16.7 Å². The van der Waals surface area contributed by atoms with Crippen molar-refractivity contribution in [3.63, 3.8) is 0 Å². The smallest absolute Gasteiger partial charge is 0.248 e. The molecule has 0 bridgehead atoms. The Kier molecular flexibility index (Phi) is 9.82. The molecular weight excluding hydrogens is 486 g/mol. The SMILES string of the molecule is C=CCOc1cccc(/C=C/C(=O)Nc2cc(C=Cc3cc(OC)c(OC)c(OC)c3)cc(O)c2OC)c1. The first-order valence-electron chi connectivity index (χ1n) is 11.6. The average Bonchev–Trinajstić information content (AvgIpc) is 2.93. The summed E-state index contributed by atoms with van der Waals surface area (Å²) in [6.07, 6.45) is 8.31. The van der Waals surface area contributed by atoms with Crippen LogP contribution in [0, 0.1) is 0 Å². The molecule has 0 saturated heterocycles. The van der Waals surface area contributed by atoms with Crippen LogP contribution in [0.3, 0.4) is 0 Å². The van der Waals surface area contributed by atoms with E-state index in [-0.39, 0.29) is 11.5 Å². The zero-order valence-corrected chi connectivity index (χ0v) is 21.8. The van der Waals surface area contributed by atoms with Crippen molar-refractivity contribution in [3.05, 3.63) is 84.0 Å². The number of phenols is 1. The zero-order valence-electron chi connectivity index (χ0n) is 21.8. The molecule has 0 aliphatic heterocycles. The molecule has 0 atom stereocenters. The highest BCUT2D eigenvalue weighted by Crippen LogP contribution is 2.39. The normalized spacial score (nSPS) is 10.8. The van der Waals surface area contributed by atoms with Gasteiger partial charge in [-0.3, -0.25) is 4.79 Å². The summed E-state index contributed by atoms with van der Waals surface area (Å²) in [5, 5.41) is 13.3. The maximum atomic E-state index is 12.7. The maximum Gasteiger partial charge on any atom is 0.248 e. The molecule has 0 radical (unpaired) electrons. The van der Waals surface area contributed by atoms with Crippen LogP contribution < -0.4 is 29.0 Å². The summed E-state index contributed by atoms with van der Waals surface area (Å²) >= 11 is 0. The van der Waals surface area contributed by atoms with Crippen molar-refractivity contribution in [2.45, 2.75) is 0 Å². The van der Waals surface area contributed by atoms with Gasteiger partial charge in [-0.15, -0.1) is 0 Å². The number of benzene rings is 3. The van der Waals surface area contributed by atoms with E-state index in [2.05, 4.69) is 11.9 Å². The van der Waals surface area contributed by atoms with E-state index in [1.54, 1.807) is 50.6 Å². The highest BCUT2D eigenvalue weighted by Gasteiger charge is 2.14. The molecule has 3 aromatic rings. The number of anilines is 1. The summed E-state index contributed by atoms with van der Waals surface area (Å²) in [6, 6.07) is 14.2. The van der Waals surface area contributed by atoms with E-state index in [0.717, 1.165) is 11.1 Å². The number of carbonyl (C=O) groups is 1. The van der Waals surface area contributed by atoms with E-state index in [1.165, 1.54) is 26.4 Å². The molecule has 1 amide bonds. The third kappa shape index (κ3) is 7.10. The minimum Gasteiger partial charge on any atom is -0.504 e. The van der Waals surface area contributed by atoms with Crippen molar-refractivity contribution in [2.24, 2.45) is 0 Å². The molecule has 0 aliphatic rings. The lowest BCUT2D eigenvalue weighted by atomic mass is 10.1. The highest BCUT2D eigenvalue weighted by molar-refractivity contribution is 6.03. The van der Waals surface area contributed by atoms with Crippen molar-refractivity contribution >= 4 is 29.8 Å². The van der Waals surface area contributed by atoms with Gasteiger partial charge in [-0.2, -0.15) is 0 Å². The first kappa shape index (κ1) is 27.7. The van der Waals surface area contributed by atoms with Gasteiger partial charge < -0.3 is 34.1 Å². The van der Waals surface area contributed by atoms with Crippen molar-refractivity contribution in [2.75, 3.05) is 40.4 Å². The summed E-state index contributed by atoms with van der Waals surface area (Å²) in [4.78, 5) is 12.7. The number of hydrogen-bond acceptors (Lipinski definition) is 7. The number of aromatic hydroxyl groups is 1. The Morgan fingerprint density at radius 2 is 1.50 bits per heavy atom. The minimum absolute atomic E-state index is 0.120. The third-order valence-corrected chi connectivity index (χ3v) is 5.36. The maximum absolute atomic E-state index is 12.7. The van der Waals surface area contributed by atoms with Gasteiger partial charge in [0.2, 0.25) is 11.7 Å². The summed E-state index contributed by atoms with van der Waals surface area (Å²) in [5.41, 5.74) is 2.51. The van der Waals surface area contributed by atoms with E-state index >= 15 is 0 Å². The summed E-state index contributed by atoms with van der Waals surface area (Å²) in [7, 11) is 6.05. The standard InChI is InChI=1S/C30H31NO7/c1-6-14-38-23-9-7-8-20(15-23)12-13-28(33)31-24-16-21(17-25(32)29(24)36-4)10-11-22-18-26(34-2)30(37-5)27(19-22)35-3/h6-13,15-19,32H,1,14H2,2-5H3,(H,31,33)/b11-10?,13-12+. The van der Waals surface area contributed by atoms with E-state index in [4.69, 9.17) is 23.7 Å². The molecule has 0 aliphatic carbocycles. The van der Waals surface area contributed by atoms with Crippen LogP contribution in [0.5, 0.6) is 34.5 Å². The van der Waals surface area contributed by atoms with Crippen molar-refractivity contribution in [1.82, 2.24) is 0 Å². The highest BCUT2D eigenvalue weighted by atomic mass is 16.5. The van der Waals surface area contributed by atoms with Crippen LogP contribution in [-0.2, 0) is 4.79 Å². The first-order valence-corrected chi connectivity index (χ1v) is 11.6. The van der Waals surface area contributed by atoms with E-state index in [9.17, 15) is 9.90 Å². The number of carbonyl (C=O) groups excluding carboxylic acids is 1. The summed E-state index contributed by atoms with van der Waals surface area (Å²) in [6.45, 7) is 4.02. The summed E-state index contributed by atoms with van der Waals surface area (Å²) in [5.74, 6) is 1.82. The van der Waals surface area contributed by atoms with Crippen LogP contribution in [0.25, 0.3) is 18.2 Å². The molecule has 38 heavy (non-hydrogen) atoms. The molecule has 8 nitrogen and oxygen atoms in total. The van der Waals surface area contributed by atoms with Crippen LogP contribution in [0.4, 0.5) is 5.69 Å². The average molecular weight is 518 g/mol. The number of rotatable bonds is 12. The van der Waals surface area contributed by atoms with Gasteiger partial charge in [0, 0.05) is 6.08 Å². The fourth-order valence-corrected chi connectivity index (χ4v) is 3.64. The molecule has 0 spiro atoms. The Hall–Kier alpha value is -4.85. The largest absolute Gasteiger partial charge is 0.504 e.